The highest BCUT2D eigenvalue weighted by Crippen LogP contribution is 2.47. The van der Waals surface area contributed by atoms with Crippen molar-refractivity contribution in [2.45, 2.75) is 97.4 Å². The summed E-state index contributed by atoms with van der Waals surface area (Å²) in [6.07, 6.45) is -0.332. The number of benzene rings is 1. The third kappa shape index (κ3) is 6.18. The van der Waals surface area contributed by atoms with E-state index in [9.17, 15) is 19.5 Å². The van der Waals surface area contributed by atoms with Crippen molar-refractivity contribution in [3.63, 3.8) is 0 Å². The molecule has 1 fully saturated rings. The summed E-state index contributed by atoms with van der Waals surface area (Å²) in [6.45, 7) is 16.0. The molecule has 6 heteroatoms. The first-order valence-corrected chi connectivity index (χ1v) is 11.2. The molecule has 0 radical (unpaired) electrons. The summed E-state index contributed by atoms with van der Waals surface area (Å²) < 4.78 is 11.2. The fraction of sp³-hybridized carbons (Fsp3) is 0.654. The number of ether oxygens (including phenoxy) is 2. The summed E-state index contributed by atoms with van der Waals surface area (Å²) in [4.78, 5) is 39.6. The average Bonchev–Trinajstić information content (AvgIpc) is 2.56. The minimum atomic E-state index is -1.67. The smallest absolute Gasteiger partial charge is 0.317 e. The standard InChI is InChI=1S/C26H38O6/c1-15(2)16-10-12-17(13-11-16)19-20(22(28)31-24(3,4)5)18(27)14-26(9,30)21(19)23(29)32-25(6,7)8/h10-13,15,19-21,30H,14H2,1-9H3/t19-,20-,21-,26-/m1/s1. The van der Waals surface area contributed by atoms with Crippen LogP contribution in [-0.4, -0.2) is 39.6 Å². The van der Waals surface area contributed by atoms with E-state index < -0.39 is 52.3 Å². The van der Waals surface area contributed by atoms with Crippen LogP contribution in [0.2, 0.25) is 0 Å². The molecule has 4 atom stereocenters. The highest BCUT2D eigenvalue weighted by Gasteiger charge is 2.57. The molecule has 0 amide bonds. The maximum Gasteiger partial charge on any atom is 0.317 e. The van der Waals surface area contributed by atoms with Crippen molar-refractivity contribution in [3.05, 3.63) is 35.4 Å². The first-order valence-electron chi connectivity index (χ1n) is 11.2. The van der Waals surface area contributed by atoms with E-state index in [4.69, 9.17) is 9.47 Å². The Hall–Kier alpha value is -2.21. The first kappa shape index (κ1) is 26.0. The zero-order valence-corrected chi connectivity index (χ0v) is 20.8. The molecule has 0 aliphatic heterocycles. The summed E-state index contributed by atoms with van der Waals surface area (Å²) in [7, 11) is 0. The van der Waals surface area contributed by atoms with Crippen LogP contribution >= 0.6 is 0 Å². The number of hydrogen-bond acceptors (Lipinski definition) is 6. The van der Waals surface area contributed by atoms with Crippen LogP contribution in [-0.2, 0) is 23.9 Å². The van der Waals surface area contributed by atoms with Gasteiger partial charge in [0.2, 0.25) is 0 Å². The third-order valence-electron chi connectivity index (χ3n) is 5.58. The number of Topliss-reactive ketones (excluding diaryl/α,β-unsaturated/α-hetero) is 1. The normalized spacial score (nSPS) is 26.7. The van der Waals surface area contributed by atoms with Crippen molar-refractivity contribution in [3.8, 4) is 0 Å². The number of carbonyl (C=O) groups is 3. The molecule has 32 heavy (non-hydrogen) atoms. The van der Waals surface area contributed by atoms with Gasteiger partial charge in [0, 0.05) is 12.3 Å². The van der Waals surface area contributed by atoms with Crippen LogP contribution in [0.3, 0.4) is 0 Å². The molecule has 1 aromatic carbocycles. The van der Waals surface area contributed by atoms with E-state index in [2.05, 4.69) is 13.8 Å². The Labute approximate surface area is 191 Å². The fourth-order valence-corrected chi connectivity index (χ4v) is 4.25. The van der Waals surface area contributed by atoms with E-state index in [-0.39, 0.29) is 6.42 Å². The zero-order valence-electron chi connectivity index (χ0n) is 20.8. The van der Waals surface area contributed by atoms with Crippen molar-refractivity contribution in [1.29, 1.82) is 0 Å². The van der Waals surface area contributed by atoms with Crippen LogP contribution in [0.25, 0.3) is 0 Å². The Morgan fingerprint density at radius 1 is 0.969 bits per heavy atom. The van der Waals surface area contributed by atoms with Crippen LogP contribution in [0.5, 0.6) is 0 Å². The fourth-order valence-electron chi connectivity index (χ4n) is 4.25. The third-order valence-corrected chi connectivity index (χ3v) is 5.58. The van der Waals surface area contributed by atoms with Gasteiger partial charge in [0.15, 0.2) is 5.78 Å². The largest absolute Gasteiger partial charge is 0.460 e. The summed E-state index contributed by atoms with van der Waals surface area (Å²) in [5.74, 6) is -4.70. The van der Waals surface area contributed by atoms with E-state index in [0.29, 0.717) is 11.5 Å². The lowest BCUT2D eigenvalue weighted by atomic mass is 9.61. The van der Waals surface area contributed by atoms with Crippen LogP contribution in [0.1, 0.15) is 91.7 Å². The minimum absolute atomic E-state index is 0.295. The molecule has 0 bridgehead atoms. The average molecular weight is 447 g/mol. The van der Waals surface area contributed by atoms with E-state index >= 15 is 0 Å². The van der Waals surface area contributed by atoms with Gasteiger partial charge in [-0.15, -0.1) is 0 Å². The lowest BCUT2D eigenvalue weighted by molar-refractivity contribution is -0.182. The molecule has 178 valence electrons. The Morgan fingerprint density at radius 2 is 1.44 bits per heavy atom. The Morgan fingerprint density at radius 3 is 1.88 bits per heavy atom. The van der Waals surface area contributed by atoms with E-state index in [0.717, 1.165) is 5.56 Å². The molecule has 0 spiro atoms. The van der Waals surface area contributed by atoms with Crippen molar-refractivity contribution < 1.29 is 29.0 Å². The Balaban J connectivity index is 2.64. The number of esters is 2. The summed E-state index contributed by atoms with van der Waals surface area (Å²) in [6, 6.07) is 7.49. The maximum atomic E-state index is 13.3. The van der Waals surface area contributed by atoms with Gasteiger partial charge in [-0.1, -0.05) is 38.1 Å². The van der Waals surface area contributed by atoms with Gasteiger partial charge >= 0.3 is 11.9 Å². The first-order chi connectivity index (χ1) is 14.4. The number of rotatable bonds is 4. The molecule has 2 rings (SSSR count). The Kier molecular flexibility index (Phi) is 7.30. The van der Waals surface area contributed by atoms with Gasteiger partial charge in [0.05, 0.1) is 11.5 Å². The molecule has 0 aromatic heterocycles. The van der Waals surface area contributed by atoms with Gasteiger partial charge < -0.3 is 14.6 Å². The van der Waals surface area contributed by atoms with Gasteiger partial charge in [-0.3, -0.25) is 14.4 Å². The second-order valence-electron chi connectivity index (χ2n) is 11.4. The molecule has 0 heterocycles. The molecule has 1 aliphatic carbocycles. The predicted octanol–water partition coefficient (Wildman–Crippen LogP) is 4.53. The molecule has 0 unspecified atom stereocenters. The van der Waals surface area contributed by atoms with E-state index in [1.165, 1.54) is 6.92 Å². The van der Waals surface area contributed by atoms with Crippen molar-refractivity contribution >= 4 is 17.7 Å². The number of ketones is 1. The summed E-state index contributed by atoms with van der Waals surface area (Å²) >= 11 is 0. The molecule has 1 aromatic rings. The molecule has 1 N–H and O–H groups in total. The van der Waals surface area contributed by atoms with Gasteiger partial charge in [0.1, 0.15) is 17.1 Å². The van der Waals surface area contributed by atoms with Gasteiger partial charge in [-0.05, 0) is 65.5 Å². The van der Waals surface area contributed by atoms with Gasteiger partial charge in [0.25, 0.3) is 0 Å². The maximum absolute atomic E-state index is 13.3. The summed E-state index contributed by atoms with van der Waals surface area (Å²) in [5, 5.41) is 11.2. The van der Waals surface area contributed by atoms with Crippen LogP contribution < -0.4 is 0 Å². The predicted molar refractivity (Wildman–Crippen MR) is 122 cm³/mol. The van der Waals surface area contributed by atoms with Gasteiger partial charge in [-0.25, -0.2) is 0 Å². The van der Waals surface area contributed by atoms with E-state index in [1.54, 1.807) is 41.5 Å². The second-order valence-corrected chi connectivity index (χ2v) is 11.4. The summed E-state index contributed by atoms with van der Waals surface area (Å²) in [5.41, 5.74) is -1.55. The molecular formula is C26H38O6. The van der Waals surface area contributed by atoms with Crippen LogP contribution in [0.15, 0.2) is 24.3 Å². The zero-order chi connectivity index (χ0) is 24.6. The quantitative estimate of drug-likeness (QED) is 0.540. The van der Waals surface area contributed by atoms with Crippen LogP contribution in [0, 0.1) is 11.8 Å². The monoisotopic (exact) mass is 446 g/mol. The van der Waals surface area contributed by atoms with E-state index in [1.807, 2.05) is 24.3 Å². The SMILES string of the molecule is CC(C)c1ccc([C@@H]2[C@H](C(=O)OC(C)(C)C)C(=O)C[C@@](C)(O)[C@H]2C(=O)OC(C)(C)C)cc1. The Bertz CT molecular complexity index is 852. The molecule has 1 aliphatic rings. The van der Waals surface area contributed by atoms with Crippen molar-refractivity contribution in [2.24, 2.45) is 11.8 Å². The minimum Gasteiger partial charge on any atom is -0.460 e. The second kappa shape index (κ2) is 8.97. The van der Waals surface area contributed by atoms with Crippen LogP contribution in [0.4, 0.5) is 0 Å². The number of aliphatic hydroxyl groups is 1. The molecular weight excluding hydrogens is 408 g/mol. The highest BCUT2D eigenvalue weighted by molar-refractivity contribution is 6.03. The highest BCUT2D eigenvalue weighted by atomic mass is 16.6. The topological polar surface area (TPSA) is 89.9 Å². The van der Waals surface area contributed by atoms with Gasteiger partial charge in [-0.2, -0.15) is 0 Å². The lowest BCUT2D eigenvalue weighted by Gasteiger charge is -2.44. The molecule has 1 saturated carbocycles. The lowest BCUT2D eigenvalue weighted by Crippen LogP contribution is -2.56. The van der Waals surface area contributed by atoms with Crippen molar-refractivity contribution in [2.75, 3.05) is 0 Å². The molecule has 0 saturated heterocycles. The number of carbonyl (C=O) groups excluding carboxylic acids is 3. The number of hydrogen-bond donors (Lipinski definition) is 1. The molecule has 6 nitrogen and oxygen atoms in total. The van der Waals surface area contributed by atoms with Crippen molar-refractivity contribution in [1.82, 2.24) is 0 Å².